The number of carbonyl (C=O) groups excluding carboxylic acids is 1. The Balaban J connectivity index is 2.04. The number of hydrogen-bond acceptors (Lipinski definition) is 3. The van der Waals surface area contributed by atoms with Crippen LogP contribution in [-0.4, -0.2) is 18.8 Å². The molecule has 22 heavy (non-hydrogen) atoms. The lowest BCUT2D eigenvalue weighted by molar-refractivity contribution is -0.115. The van der Waals surface area contributed by atoms with Gasteiger partial charge in [-0.1, -0.05) is 29.8 Å². The van der Waals surface area contributed by atoms with Crippen molar-refractivity contribution in [3.8, 4) is 5.75 Å². The number of ether oxygens (including phenoxy) is 1. The second kappa shape index (κ2) is 6.18. The molecule has 3 rings (SSSR count). The number of hydrogen-bond donors (Lipinski definition) is 0. The summed E-state index contributed by atoms with van der Waals surface area (Å²) >= 11 is 7.35. The average Bonchev–Trinajstić information content (AvgIpc) is 2.91. The van der Waals surface area contributed by atoms with Gasteiger partial charge in [-0.2, -0.15) is 0 Å². The Kier molecular flexibility index (Phi) is 4.27. The molecule has 1 heterocycles. The van der Waals surface area contributed by atoms with Gasteiger partial charge in [-0.25, -0.2) is 4.39 Å². The summed E-state index contributed by atoms with van der Waals surface area (Å²) in [6, 6.07) is 11.9. The second-order valence-electron chi connectivity index (χ2n) is 4.77. The first kappa shape index (κ1) is 15.2. The van der Waals surface area contributed by atoms with Gasteiger partial charge in [-0.15, -0.1) is 11.8 Å². The number of nitrogens with zero attached hydrogens (tertiary/aromatic N) is 1. The molecule has 1 aliphatic rings. The lowest BCUT2D eigenvalue weighted by atomic mass is 10.1. The summed E-state index contributed by atoms with van der Waals surface area (Å²) in [6.45, 7) is 0. The van der Waals surface area contributed by atoms with E-state index in [1.165, 1.54) is 23.9 Å². The molecule has 0 aliphatic carbocycles. The van der Waals surface area contributed by atoms with E-state index in [1.807, 2.05) is 24.3 Å². The number of amides is 1. The second-order valence-corrected chi connectivity index (χ2v) is 6.24. The number of halogens is 2. The molecule has 0 aromatic heterocycles. The van der Waals surface area contributed by atoms with Crippen LogP contribution in [0, 0.1) is 5.82 Å². The van der Waals surface area contributed by atoms with Crippen molar-refractivity contribution in [1.29, 1.82) is 0 Å². The zero-order valence-corrected chi connectivity index (χ0v) is 13.3. The van der Waals surface area contributed by atoms with Gasteiger partial charge in [0.25, 0.3) is 0 Å². The van der Waals surface area contributed by atoms with Crippen molar-refractivity contribution in [2.75, 3.05) is 17.8 Å². The Morgan fingerprint density at radius 3 is 2.82 bits per heavy atom. The van der Waals surface area contributed by atoms with Crippen LogP contribution in [0.1, 0.15) is 10.9 Å². The first-order valence-electron chi connectivity index (χ1n) is 6.63. The van der Waals surface area contributed by atoms with Crippen molar-refractivity contribution < 1.29 is 13.9 Å². The molecule has 0 bridgehead atoms. The van der Waals surface area contributed by atoms with Crippen molar-refractivity contribution in [3.63, 3.8) is 0 Å². The molecule has 0 spiro atoms. The average molecular weight is 338 g/mol. The summed E-state index contributed by atoms with van der Waals surface area (Å²) < 4.78 is 18.7. The quantitative estimate of drug-likeness (QED) is 0.837. The van der Waals surface area contributed by atoms with Crippen LogP contribution in [0.4, 0.5) is 10.1 Å². The van der Waals surface area contributed by atoms with Gasteiger partial charge >= 0.3 is 0 Å². The summed E-state index contributed by atoms with van der Waals surface area (Å²) in [5, 5.41) is -0.217. The highest BCUT2D eigenvalue weighted by Gasteiger charge is 2.35. The highest BCUT2D eigenvalue weighted by Crippen LogP contribution is 2.45. The van der Waals surface area contributed by atoms with Gasteiger partial charge in [-0.05, 0) is 24.3 Å². The molecule has 1 saturated heterocycles. The van der Waals surface area contributed by atoms with E-state index in [-0.39, 0.29) is 16.3 Å². The van der Waals surface area contributed by atoms with E-state index in [2.05, 4.69) is 0 Å². The first-order chi connectivity index (χ1) is 10.6. The molecular formula is C16H13ClFNO2S. The first-order valence-corrected chi connectivity index (χ1v) is 8.06. The van der Waals surface area contributed by atoms with Crippen LogP contribution in [0.5, 0.6) is 5.75 Å². The third-order valence-electron chi connectivity index (χ3n) is 3.45. The Labute approximate surface area is 137 Å². The number of anilines is 1. The van der Waals surface area contributed by atoms with E-state index >= 15 is 0 Å². The topological polar surface area (TPSA) is 29.5 Å². The number of para-hydroxylation sites is 1. The van der Waals surface area contributed by atoms with Gasteiger partial charge in [-0.3, -0.25) is 9.69 Å². The van der Waals surface area contributed by atoms with Gasteiger partial charge in [0.2, 0.25) is 5.91 Å². The van der Waals surface area contributed by atoms with Crippen molar-refractivity contribution >= 4 is 35.0 Å². The maximum atomic E-state index is 13.4. The molecule has 0 radical (unpaired) electrons. The Hall–Kier alpha value is -1.72. The predicted molar refractivity (Wildman–Crippen MR) is 87.1 cm³/mol. The number of methoxy groups -OCH3 is 1. The van der Waals surface area contributed by atoms with Crippen molar-refractivity contribution in [2.24, 2.45) is 0 Å². The normalized spacial score (nSPS) is 17.9. The molecule has 114 valence electrons. The summed E-state index contributed by atoms with van der Waals surface area (Å²) in [5.74, 6) is 0.535. The van der Waals surface area contributed by atoms with Gasteiger partial charge in [0, 0.05) is 11.3 Å². The van der Waals surface area contributed by atoms with Crippen LogP contribution in [0.2, 0.25) is 5.02 Å². The lowest BCUT2D eigenvalue weighted by Gasteiger charge is -2.25. The summed E-state index contributed by atoms with van der Waals surface area (Å²) in [5.41, 5.74) is 1.48. The van der Waals surface area contributed by atoms with Crippen LogP contribution in [0.25, 0.3) is 0 Å². The molecule has 3 nitrogen and oxygen atoms in total. The fourth-order valence-corrected chi connectivity index (χ4v) is 3.82. The largest absolute Gasteiger partial charge is 0.496 e. The molecule has 1 atom stereocenters. The van der Waals surface area contributed by atoms with Crippen LogP contribution in [-0.2, 0) is 4.79 Å². The monoisotopic (exact) mass is 337 g/mol. The number of carbonyl (C=O) groups is 1. The number of rotatable bonds is 3. The van der Waals surface area contributed by atoms with Crippen molar-refractivity contribution in [3.05, 3.63) is 58.9 Å². The molecule has 1 aliphatic heterocycles. The maximum absolute atomic E-state index is 13.4. The molecule has 1 fully saturated rings. The number of benzene rings is 2. The molecule has 0 N–H and O–H groups in total. The highest BCUT2D eigenvalue weighted by molar-refractivity contribution is 8.00. The van der Waals surface area contributed by atoms with Crippen LogP contribution >= 0.6 is 23.4 Å². The van der Waals surface area contributed by atoms with E-state index < -0.39 is 5.82 Å². The van der Waals surface area contributed by atoms with E-state index in [1.54, 1.807) is 18.1 Å². The minimum absolute atomic E-state index is 0.000904. The molecular weight excluding hydrogens is 325 g/mol. The maximum Gasteiger partial charge on any atom is 0.238 e. The minimum Gasteiger partial charge on any atom is -0.496 e. The molecule has 6 heteroatoms. The molecule has 2 aromatic carbocycles. The number of thioether (sulfide) groups is 1. The van der Waals surface area contributed by atoms with E-state index in [9.17, 15) is 9.18 Å². The Morgan fingerprint density at radius 1 is 1.32 bits per heavy atom. The Bertz CT molecular complexity index is 725. The molecule has 1 amide bonds. The summed E-state index contributed by atoms with van der Waals surface area (Å²) in [7, 11) is 1.60. The molecule has 2 aromatic rings. The summed E-state index contributed by atoms with van der Waals surface area (Å²) in [4.78, 5) is 13.9. The molecule has 1 unspecified atom stereocenters. The third kappa shape index (κ3) is 2.66. The van der Waals surface area contributed by atoms with Gasteiger partial charge in [0.05, 0.1) is 17.9 Å². The molecule has 0 saturated carbocycles. The predicted octanol–water partition coefficient (Wildman–Crippen LogP) is 4.27. The van der Waals surface area contributed by atoms with Gasteiger partial charge < -0.3 is 4.74 Å². The van der Waals surface area contributed by atoms with E-state index in [0.717, 1.165) is 5.56 Å². The van der Waals surface area contributed by atoms with E-state index in [0.29, 0.717) is 17.2 Å². The zero-order valence-electron chi connectivity index (χ0n) is 11.8. The third-order valence-corrected chi connectivity index (χ3v) is 4.94. The van der Waals surface area contributed by atoms with Crippen LogP contribution in [0.3, 0.4) is 0 Å². The fourth-order valence-electron chi connectivity index (χ4n) is 2.44. The summed E-state index contributed by atoms with van der Waals surface area (Å²) in [6.07, 6.45) is 0. The SMILES string of the molecule is COc1ccccc1C1SCC(=O)N1c1ccc(F)c(Cl)c1. The smallest absolute Gasteiger partial charge is 0.238 e. The van der Waals surface area contributed by atoms with Gasteiger partial charge in [0.1, 0.15) is 16.9 Å². The minimum atomic E-state index is -0.501. The van der Waals surface area contributed by atoms with Crippen molar-refractivity contribution in [1.82, 2.24) is 0 Å². The standard InChI is InChI=1S/C16H13ClFNO2S/c1-21-14-5-3-2-4-11(14)16-19(15(20)9-22-16)10-6-7-13(18)12(17)8-10/h2-8,16H,9H2,1H3. The van der Waals surface area contributed by atoms with Gasteiger partial charge in [0.15, 0.2) is 0 Å². The highest BCUT2D eigenvalue weighted by atomic mass is 35.5. The zero-order chi connectivity index (χ0) is 15.7. The van der Waals surface area contributed by atoms with E-state index in [4.69, 9.17) is 16.3 Å². The van der Waals surface area contributed by atoms with Crippen molar-refractivity contribution in [2.45, 2.75) is 5.37 Å². The van der Waals surface area contributed by atoms with Crippen LogP contribution < -0.4 is 9.64 Å². The Morgan fingerprint density at radius 2 is 2.09 bits per heavy atom. The fraction of sp³-hybridized carbons (Fsp3) is 0.188. The van der Waals surface area contributed by atoms with Crippen LogP contribution in [0.15, 0.2) is 42.5 Å². The lowest BCUT2D eigenvalue weighted by Crippen LogP contribution is -2.28.